The lowest BCUT2D eigenvalue weighted by molar-refractivity contribution is -0.159. The van der Waals surface area contributed by atoms with Crippen LogP contribution in [0.3, 0.4) is 0 Å². The summed E-state index contributed by atoms with van der Waals surface area (Å²) in [4.78, 5) is 23.4. The molecule has 1 heterocycles. The van der Waals surface area contributed by atoms with Crippen molar-refractivity contribution >= 4 is 32.2 Å². The summed E-state index contributed by atoms with van der Waals surface area (Å²) < 4.78 is 93.4. The molecular weight excluding hydrogens is 430 g/mol. The molecule has 0 aromatic heterocycles. The number of alkyl halides is 2. The second-order valence-corrected chi connectivity index (χ2v) is 10.4. The topological polar surface area (TPSA) is 150 Å². The van der Waals surface area contributed by atoms with Crippen LogP contribution in [-0.2, 0) is 43.5 Å². The van der Waals surface area contributed by atoms with Crippen molar-refractivity contribution in [3.05, 3.63) is 0 Å². The molecule has 1 N–H and O–H groups in total. The van der Waals surface area contributed by atoms with E-state index in [1.165, 1.54) is 0 Å². The Labute approximate surface area is 159 Å². The van der Waals surface area contributed by atoms with E-state index in [0.29, 0.717) is 12.8 Å². The van der Waals surface area contributed by atoms with Crippen LogP contribution in [0.4, 0.5) is 8.78 Å². The van der Waals surface area contributed by atoms with Crippen LogP contribution < -0.4 is 0 Å². The normalized spacial score (nSPS) is 33.0. The highest BCUT2D eigenvalue weighted by atomic mass is 32.2. The van der Waals surface area contributed by atoms with E-state index in [2.05, 4.69) is 4.74 Å². The Balaban J connectivity index is 1.40. The summed E-state index contributed by atoms with van der Waals surface area (Å²) in [5.41, 5.74) is 0. The van der Waals surface area contributed by atoms with Gasteiger partial charge in [-0.15, -0.1) is 0 Å². The highest BCUT2D eigenvalue weighted by Crippen LogP contribution is 2.55. The van der Waals surface area contributed by atoms with Crippen molar-refractivity contribution in [3.63, 3.8) is 0 Å². The lowest BCUT2D eigenvalue weighted by atomic mass is 9.94. The summed E-state index contributed by atoms with van der Waals surface area (Å²) in [5, 5.41) is -5.01. The van der Waals surface area contributed by atoms with Crippen molar-refractivity contribution in [1.29, 1.82) is 0 Å². The SMILES string of the molecule is O=C(CCC(=O)OC1C2CC3C1OS(=O)(=O)C3C2)OCCC(F)(F)S(=O)(=O)O. The molecule has 0 aromatic rings. The van der Waals surface area contributed by atoms with Crippen molar-refractivity contribution in [2.75, 3.05) is 6.61 Å². The van der Waals surface area contributed by atoms with Crippen molar-refractivity contribution in [2.24, 2.45) is 11.8 Å². The summed E-state index contributed by atoms with van der Waals surface area (Å²) in [6.07, 6.45) is -2.85. The van der Waals surface area contributed by atoms with Crippen molar-refractivity contribution in [1.82, 2.24) is 0 Å². The van der Waals surface area contributed by atoms with E-state index in [4.69, 9.17) is 13.5 Å². The van der Waals surface area contributed by atoms with Crippen molar-refractivity contribution in [3.8, 4) is 0 Å². The average molecular weight is 448 g/mol. The molecule has 0 amide bonds. The van der Waals surface area contributed by atoms with Crippen LogP contribution in [0.25, 0.3) is 0 Å². The first-order valence-electron chi connectivity index (χ1n) is 8.44. The molecule has 2 aliphatic carbocycles. The second kappa shape index (κ2) is 7.15. The number of carbonyl (C=O) groups excluding carboxylic acids is 2. The van der Waals surface area contributed by atoms with Crippen LogP contribution in [0, 0.1) is 11.8 Å². The number of hydrogen-bond donors (Lipinski definition) is 1. The van der Waals surface area contributed by atoms with Crippen LogP contribution in [0.1, 0.15) is 32.1 Å². The third-order valence-corrected chi connectivity index (χ3v) is 7.98. The van der Waals surface area contributed by atoms with Gasteiger partial charge in [-0.2, -0.15) is 25.6 Å². The molecule has 3 aliphatic rings. The number of fused-ring (bicyclic) bond motifs is 1. The van der Waals surface area contributed by atoms with Crippen molar-refractivity contribution < 1.29 is 53.4 Å². The molecular formula is C14H18F2O10S2. The van der Waals surface area contributed by atoms with Crippen molar-refractivity contribution in [2.45, 2.75) is 54.8 Å². The third kappa shape index (κ3) is 4.00. The fourth-order valence-electron chi connectivity index (χ4n) is 3.94. The molecule has 3 rings (SSSR count). The number of ether oxygens (including phenoxy) is 2. The number of rotatable bonds is 8. The zero-order chi connectivity index (χ0) is 20.9. The number of esters is 2. The molecule has 2 saturated carbocycles. The molecule has 1 aliphatic heterocycles. The van der Waals surface area contributed by atoms with Gasteiger partial charge >= 0.3 is 27.3 Å². The largest absolute Gasteiger partial charge is 0.465 e. The van der Waals surface area contributed by atoms with Gasteiger partial charge in [-0.25, -0.2) is 0 Å². The molecule has 28 heavy (non-hydrogen) atoms. The van der Waals surface area contributed by atoms with Gasteiger partial charge in [0.05, 0.1) is 31.1 Å². The van der Waals surface area contributed by atoms with E-state index < -0.39 is 80.8 Å². The first-order chi connectivity index (χ1) is 12.8. The van der Waals surface area contributed by atoms with E-state index >= 15 is 0 Å². The summed E-state index contributed by atoms with van der Waals surface area (Å²) in [6, 6.07) is 0. The first-order valence-corrected chi connectivity index (χ1v) is 11.3. The molecule has 2 bridgehead atoms. The number of halogens is 2. The summed E-state index contributed by atoms with van der Waals surface area (Å²) in [7, 11) is -9.26. The van der Waals surface area contributed by atoms with Crippen LogP contribution in [-0.4, -0.2) is 62.6 Å². The predicted molar refractivity (Wildman–Crippen MR) is 85.0 cm³/mol. The van der Waals surface area contributed by atoms with E-state index in [-0.39, 0.29) is 11.8 Å². The van der Waals surface area contributed by atoms with E-state index in [1.807, 2.05) is 0 Å². The fraction of sp³-hybridized carbons (Fsp3) is 0.857. The zero-order valence-corrected chi connectivity index (χ0v) is 16.0. The van der Waals surface area contributed by atoms with Gasteiger partial charge in [0.1, 0.15) is 12.2 Å². The molecule has 5 atom stereocenters. The molecule has 160 valence electrons. The third-order valence-electron chi connectivity index (χ3n) is 5.25. The monoisotopic (exact) mass is 448 g/mol. The number of carbonyl (C=O) groups is 2. The Hall–Kier alpha value is -1.38. The summed E-state index contributed by atoms with van der Waals surface area (Å²) in [5.74, 6) is -2.16. The van der Waals surface area contributed by atoms with Gasteiger partial charge in [-0.3, -0.25) is 18.3 Å². The first kappa shape index (κ1) is 21.3. The predicted octanol–water partition coefficient (Wildman–Crippen LogP) is 0.229. The van der Waals surface area contributed by atoms with Gasteiger partial charge in [-0.05, 0) is 12.8 Å². The van der Waals surface area contributed by atoms with Crippen LogP contribution in [0.15, 0.2) is 0 Å². The molecule has 0 spiro atoms. The Kier molecular flexibility index (Phi) is 5.44. The highest BCUT2D eigenvalue weighted by Gasteiger charge is 2.65. The van der Waals surface area contributed by atoms with E-state index in [9.17, 15) is 35.2 Å². The van der Waals surface area contributed by atoms with Gasteiger partial charge in [-0.1, -0.05) is 0 Å². The summed E-state index contributed by atoms with van der Waals surface area (Å²) >= 11 is 0. The Morgan fingerprint density at radius 1 is 1.18 bits per heavy atom. The lowest BCUT2D eigenvalue weighted by Crippen LogP contribution is -2.37. The standard InChI is InChI=1S/C14H18F2O10S2/c15-14(16,28(21,22)23)3-4-24-10(17)1-2-11(18)25-12-7-5-8-9(6-7)27(19,20)26-13(8)12/h7-9,12-13H,1-6H2,(H,21,22,23). The molecule has 0 aromatic carbocycles. The Morgan fingerprint density at radius 2 is 1.82 bits per heavy atom. The van der Waals surface area contributed by atoms with Gasteiger partial charge in [0.25, 0.3) is 10.1 Å². The highest BCUT2D eigenvalue weighted by molar-refractivity contribution is 7.87. The maximum Gasteiger partial charge on any atom is 0.373 e. The number of hydrogen-bond acceptors (Lipinski definition) is 9. The second-order valence-electron chi connectivity index (χ2n) is 7.02. The minimum atomic E-state index is -5.61. The molecule has 14 heteroatoms. The molecule has 1 saturated heterocycles. The maximum absolute atomic E-state index is 13.0. The lowest BCUT2D eigenvalue weighted by Gasteiger charge is -2.24. The van der Waals surface area contributed by atoms with Crippen LogP contribution >= 0.6 is 0 Å². The Morgan fingerprint density at radius 3 is 2.46 bits per heavy atom. The van der Waals surface area contributed by atoms with E-state index in [0.717, 1.165) is 0 Å². The minimum Gasteiger partial charge on any atom is -0.465 e. The van der Waals surface area contributed by atoms with Gasteiger partial charge in [0, 0.05) is 11.8 Å². The molecule has 0 radical (unpaired) electrons. The van der Waals surface area contributed by atoms with Crippen LogP contribution in [0.2, 0.25) is 0 Å². The van der Waals surface area contributed by atoms with Gasteiger partial charge in [0.2, 0.25) is 0 Å². The smallest absolute Gasteiger partial charge is 0.373 e. The Bertz CT molecular complexity index is 869. The van der Waals surface area contributed by atoms with E-state index in [1.54, 1.807) is 0 Å². The fourth-order valence-corrected chi connectivity index (χ4v) is 6.17. The molecule has 3 fully saturated rings. The summed E-state index contributed by atoms with van der Waals surface area (Å²) in [6.45, 7) is -0.970. The minimum absolute atomic E-state index is 0.129. The quantitative estimate of drug-likeness (QED) is 0.310. The molecule has 10 nitrogen and oxygen atoms in total. The maximum atomic E-state index is 13.0. The molecule has 5 unspecified atom stereocenters. The average Bonchev–Trinajstić information content (AvgIpc) is 3.16. The van der Waals surface area contributed by atoms with Gasteiger partial charge < -0.3 is 9.47 Å². The van der Waals surface area contributed by atoms with Crippen LogP contribution in [0.5, 0.6) is 0 Å². The zero-order valence-electron chi connectivity index (χ0n) is 14.3. The van der Waals surface area contributed by atoms with Gasteiger partial charge in [0.15, 0.2) is 0 Å².